The highest BCUT2D eigenvalue weighted by Gasteiger charge is 2.31. The first-order valence-corrected chi connectivity index (χ1v) is 5.15. The van der Waals surface area contributed by atoms with Gasteiger partial charge in [-0.25, -0.2) is 0 Å². The van der Waals surface area contributed by atoms with Gasteiger partial charge in [-0.05, 0) is 26.3 Å². The Kier molecular flexibility index (Phi) is 3.89. The van der Waals surface area contributed by atoms with Crippen molar-refractivity contribution < 1.29 is 9.90 Å². The maximum absolute atomic E-state index is 11.7. The van der Waals surface area contributed by atoms with Gasteiger partial charge in [0, 0.05) is 20.1 Å². The Labute approximate surface area is 85.5 Å². The van der Waals surface area contributed by atoms with Gasteiger partial charge in [-0.3, -0.25) is 9.69 Å². The van der Waals surface area contributed by atoms with Crippen LogP contribution in [0.4, 0.5) is 0 Å². The normalized spacial score (nSPS) is 25.0. The molecule has 0 aromatic heterocycles. The lowest BCUT2D eigenvalue weighted by Crippen LogP contribution is -2.47. The van der Waals surface area contributed by atoms with Gasteiger partial charge in [-0.15, -0.1) is 0 Å². The van der Waals surface area contributed by atoms with Crippen LogP contribution in [0.3, 0.4) is 0 Å². The fraction of sp³-hybridized carbons (Fsp3) is 0.900. The minimum atomic E-state index is -0.107. The summed E-state index contributed by atoms with van der Waals surface area (Å²) in [5, 5.41) is 9.14. The summed E-state index contributed by atoms with van der Waals surface area (Å²) >= 11 is 0. The number of likely N-dealkylation sites (tertiary alicyclic amines) is 1. The smallest absolute Gasteiger partial charge is 0.239 e. The molecule has 1 fully saturated rings. The van der Waals surface area contributed by atoms with Crippen LogP contribution in [0.25, 0.3) is 0 Å². The molecule has 82 valence electrons. The van der Waals surface area contributed by atoms with Crippen molar-refractivity contribution in [2.24, 2.45) is 0 Å². The van der Waals surface area contributed by atoms with Crippen molar-refractivity contribution >= 4 is 5.91 Å². The molecular formula is C10H20N2O2. The minimum Gasteiger partial charge on any atom is -0.395 e. The molecule has 0 aromatic carbocycles. The highest BCUT2D eigenvalue weighted by Crippen LogP contribution is 2.20. The lowest BCUT2D eigenvalue weighted by Gasteiger charge is -2.30. The average Bonchev–Trinajstić information content (AvgIpc) is 2.62. The average molecular weight is 200 g/mol. The summed E-state index contributed by atoms with van der Waals surface area (Å²) in [6, 6.07) is 0.0681. The molecule has 1 N–H and O–H groups in total. The van der Waals surface area contributed by atoms with Crippen LogP contribution in [-0.4, -0.2) is 60.1 Å². The van der Waals surface area contributed by atoms with E-state index in [9.17, 15) is 4.79 Å². The lowest BCUT2D eigenvalue weighted by molar-refractivity contribution is -0.134. The molecule has 4 nitrogen and oxygen atoms in total. The summed E-state index contributed by atoms with van der Waals surface area (Å²) in [6.45, 7) is 2.99. The molecule has 1 amide bonds. The third-order valence-corrected chi connectivity index (χ3v) is 2.93. The van der Waals surface area contributed by atoms with E-state index in [-0.39, 0.29) is 24.6 Å². The minimum absolute atomic E-state index is 0.107. The van der Waals surface area contributed by atoms with Crippen molar-refractivity contribution in [1.29, 1.82) is 0 Å². The van der Waals surface area contributed by atoms with Crippen molar-refractivity contribution in [1.82, 2.24) is 9.80 Å². The van der Waals surface area contributed by atoms with Crippen LogP contribution in [0.15, 0.2) is 0 Å². The Morgan fingerprint density at radius 3 is 2.79 bits per heavy atom. The van der Waals surface area contributed by atoms with E-state index in [0.717, 1.165) is 19.4 Å². The molecule has 1 heterocycles. The SMILES string of the molecule is CC(C(=O)N(C)C)N1CCC[C@@H]1CO. The van der Waals surface area contributed by atoms with Crippen LogP contribution in [0.5, 0.6) is 0 Å². The van der Waals surface area contributed by atoms with Crippen LogP contribution in [0.2, 0.25) is 0 Å². The molecule has 0 aliphatic carbocycles. The van der Waals surface area contributed by atoms with Gasteiger partial charge >= 0.3 is 0 Å². The molecule has 14 heavy (non-hydrogen) atoms. The van der Waals surface area contributed by atoms with Crippen LogP contribution >= 0.6 is 0 Å². The van der Waals surface area contributed by atoms with E-state index in [1.54, 1.807) is 19.0 Å². The van der Waals surface area contributed by atoms with E-state index in [2.05, 4.69) is 4.90 Å². The molecule has 1 aliphatic heterocycles. The Hall–Kier alpha value is -0.610. The van der Waals surface area contributed by atoms with E-state index in [0.29, 0.717) is 0 Å². The van der Waals surface area contributed by atoms with Gasteiger partial charge in [0.2, 0.25) is 5.91 Å². The molecule has 0 spiro atoms. The fourth-order valence-corrected chi connectivity index (χ4v) is 2.08. The number of nitrogens with zero attached hydrogens (tertiary/aromatic N) is 2. The zero-order valence-electron chi connectivity index (χ0n) is 9.23. The van der Waals surface area contributed by atoms with Crippen LogP contribution in [0.1, 0.15) is 19.8 Å². The molecule has 1 unspecified atom stereocenters. The molecule has 1 saturated heterocycles. The predicted molar refractivity (Wildman–Crippen MR) is 55.0 cm³/mol. The quantitative estimate of drug-likeness (QED) is 0.693. The van der Waals surface area contributed by atoms with Gasteiger partial charge in [0.1, 0.15) is 0 Å². The number of carbonyl (C=O) groups excluding carboxylic acids is 1. The monoisotopic (exact) mass is 200 g/mol. The largest absolute Gasteiger partial charge is 0.395 e. The molecule has 0 radical (unpaired) electrons. The number of hydrogen-bond donors (Lipinski definition) is 1. The second kappa shape index (κ2) is 4.75. The number of hydrogen-bond acceptors (Lipinski definition) is 3. The zero-order chi connectivity index (χ0) is 10.7. The molecule has 4 heteroatoms. The second-order valence-corrected chi connectivity index (χ2v) is 4.13. The number of aliphatic hydroxyl groups excluding tert-OH is 1. The number of aliphatic hydroxyl groups is 1. The number of likely N-dealkylation sites (N-methyl/N-ethyl adjacent to an activating group) is 1. The maximum atomic E-state index is 11.7. The highest BCUT2D eigenvalue weighted by atomic mass is 16.3. The number of rotatable bonds is 3. The highest BCUT2D eigenvalue weighted by molar-refractivity contribution is 5.81. The molecular weight excluding hydrogens is 180 g/mol. The second-order valence-electron chi connectivity index (χ2n) is 4.13. The van der Waals surface area contributed by atoms with Gasteiger partial charge in [-0.1, -0.05) is 0 Å². The molecule has 2 atom stereocenters. The summed E-state index contributed by atoms with van der Waals surface area (Å²) in [5.74, 6) is 0.116. The first kappa shape index (κ1) is 11.5. The summed E-state index contributed by atoms with van der Waals surface area (Å²) in [5.41, 5.74) is 0. The van der Waals surface area contributed by atoms with Crippen LogP contribution in [0, 0.1) is 0 Å². The van der Waals surface area contributed by atoms with Gasteiger partial charge in [0.25, 0.3) is 0 Å². The van der Waals surface area contributed by atoms with Gasteiger partial charge < -0.3 is 10.0 Å². The van der Waals surface area contributed by atoms with Gasteiger partial charge in [-0.2, -0.15) is 0 Å². The Morgan fingerprint density at radius 1 is 1.64 bits per heavy atom. The van der Waals surface area contributed by atoms with Crippen LogP contribution in [-0.2, 0) is 4.79 Å². The van der Waals surface area contributed by atoms with Gasteiger partial charge in [0.15, 0.2) is 0 Å². The summed E-state index contributed by atoms with van der Waals surface area (Å²) in [6.07, 6.45) is 2.08. The van der Waals surface area contributed by atoms with Crippen molar-refractivity contribution in [3.8, 4) is 0 Å². The summed E-state index contributed by atoms with van der Waals surface area (Å²) < 4.78 is 0. The van der Waals surface area contributed by atoms with E-state index >= 15 is 0 Å². The van der Waals surface area contributed by atoms with Crippen molar-refractivity contribution in [3.63, 3.8) is 0 Å². The standard InChI is InChI=1S/C10H20N2O2/c1-8(10(14)11(2)3)12-6-4-5-9(12)7-13/h8-9,13H,4-7H2,1-3H3/t8?,9-/m1/s1. The van der Waals surface area contributed by atoms with Gasteiger partial charge in [0.05, 0.1) is 12.6 Å². The van der Waals surface area contributed by atoms with E-state index in [4.69, 9.17) is 5.11 Å². The molecule has 0 saturated carbocycles. The van der Waals surface area contributed by atoms with Crippen molar-refractivity contribution in [3.05, 3.63) is 0 Å². The van der Waals surface area contributed by atoms with Crippen molar-refractivity contribution in [2.75, 3.05) is 27.2 Å². The van der Waals surface area contributed by atoms with E-state index in [1.165, 1.54) is 0 Å². The van der Waals surface area contributed by atoms with E-state index < -0.39 is 0 Å². The first-order chi connectivity index (χ1) is 6.57. The number of carbonyl (C=O) groups is 1. The molecule has 1 rings (SSSR count). The maximum Gasteiger partial charge on any atom is 0.239 e. The topological polar surface area (TPSA) is 43.8 Å². The third kappa shape index (κ3) is 2.25. The summed E-state index contributed by atoms with van der Waals surface area (Å²) in [4.78, 5) is 15.4. The van der Waals surface area contributed by atoms with Crippen molar-refractivity contribution in [2.45, 2.75) is 31.8 Å². The molecule has 1 aliphatic rings. The number of amides is 1. The fourth-order valence-electron chi connectivity index (χ4n) is 2.08. The summed E-state index contributed by atoms with van der Waals surface area (Å²) in [7, 11) is 3.53. The zero-order valence-corrected chi connectivity index (χ0v) is 9.23. The van der Waals surface area contributed by atoms with E-state index in [1.807, 2.05) is 6.92 Å². The predicted octanol–water partition coefficient (Wildman–Crippen LogP) is -0.0802. The Morgan fingerprint density at radius 2 is 2.29 bits per heavy atom. The Balaban J connectivity index is 2.59. The molecule has 0 bridgehead atoms. The van der Waals surface area contributed by atoms with Crippen LogP contribution < -0.4 is 0 Å². The third-order valence-electron chi connectivity index (χ3n) is 2.93. The molecule has 0 aromatic rings. The Bertz CT molecular complexity index is 206. The first-order valence-electron chi connectivity index (χ1n) is 5.15. The lowest BCUT2D eigenvalue weighted by atomic mass is 10.2.